The van der Waals surface area contributed by atoms with E-state index in [2.05, 4.69) is 153 Å². The first-order valence-electron chi connectivity index (χ1n) is 14.4. The Kier molecular flexibility index (Phi) is 6.69. The van der Waals surface area contributed by atoms with Crippen LogP contribution in [0.25, 0.3) is 0 Å². The van der Waals surface area contributed by atoms with Crippen molar-refractivity contribution in [3.8, 4) is 11.5 Å². The number of nitrogens with zero attached hydrogens (tertiary/aromatic N) is 4. The average Bonchev–Trinajstić information content (AvgIpc) is 3.39. The summed E-state index contributed by atoms with van der Waals surface area (Å²) in [6, 6.07) is 34.6. The minimum Gasteiger partial charge on any atom is -0.457 e. The predicted molar refractivity (Wildman–Crippen MR) is 171 cm³/mol. The summed E-state index contributed by atoms with van der Waals surface area (Å²) in [4.78, 5) is 9.25. The van der Waals surface area contributed by atoms with Gasteiger partial charge in [0, 0.05) is 59.9 Å². The van der Waals surface area contributed by atoms with Gasteiger partial charge in [-0.2, -0.15) is 0 Å². The molecule has 210 valence electrons. The monoisotopic (exact) mass is 544 g/mol. The van der Waals surface area contributed by atoms with Crippen molar-refractivity contribution in [1.29, 1.82) is 0 Å². The molecule has 0 bridgehead atoms. The van der Waals surface area contributed by atoms with E-state index in [1.54, 1.807) is 0 Å². The third kappa shape index (κ3) is 5.24. The second-order valence-electron chi connectivity index (χ2n) is 12.6. The molecule has 5 heteroatoms. The summed E-state index contributed by atoms with van der Waals surface area (Å²) in [6.07, 6.45) is 4.18. The van der Waals surface area contributed by atoms with Gasteiger partial charge >= 0.3 is 0 Å². The fourth-order valence-corrected chi connectivity index (χ4v) is 5.81. The van der Waals surface area contributed by atoms with Gasteiger partial charge in [-0.3, -0.25) is 0 Å². The van der Waals surface area contributed by atoms with Crippen LogP contribution in [0.1, 0.15) is 45.7 Å². The topological polar surface area (TPSA) is 22.2 Å². The van der Waals surface area contributed by atoms with Crippen molar-refractivity contribution in [3.63, 3.8) is 0 Å². The molecule has 4 aromatic carbocycles. The molecule has 0 radical (unpaired) electrons. The lowest BCUT2D eigenvalue weighted by Crippen LogP contribution is -2.51. The van der Waals surface area contributed by atoms with Gasteiger partial charge in [-0.15, -0.1) is 0 Å². The second-order valence-corrected chi connectivity index (χ2v) is 12.6. The van der Waals surface area contributed by atoms with Crippen LogP contribution in [0, 0.1) is 0 Å². The molecule has 0 amide bonds. The van der Waals surface area contributed by atoms with Gasteiger partial charge in [0.1, 0.15) is 11.5 Å². The summed E-state index contributed by atoms with van der Waals surface area (Å²) in [5.74, 6) is 1.64. The fraction of sp³-hybridized carbons (Fsp3) is 0.278. The van der Waals surface area contributed by atoms with E-state index in [-0.39, 0.29) is 11.0 Å². The van der Waals surface area contributed by atoms with Crippen molar-refractivity contribution in [2.75, 3.05) is 35.1 Å². The molecule has 0 aromatic heterocycles. The molecule has 2 aliphatic rings. The first-order chi connectivity index (χ1) is 19.6. The summed E-state index contributed by atoms with van der Waals surface area (Å²) in [6.45, 7) is 13.0. The van der Waals surface area contributed by atoms with Crippen LogP contribution >= 0.6 is 0 Å². The lowest BCUT2D eigenvalue weighted by Gasteiger charge is -2.50. The van der Waals surface area contributed by atoms with Gasteiger partial charge in [-0.25, -0.2) is 0 Å². The number of para-hydroxylation sites is 1. The zero-order chi connectivity index (χ0) is 28.8. The van der Waals surface area contributed by atoms with Crippen LogP contribution in [0.5, 0.6) is 11.5 Å². The summed E-state index contributed by atoms with van der Waals surface area (Å²) >= 11 is 0. The number of ether oxygens (including phenoxy) is 1. The molecule has 5 nitrogen and oxygen atoms in total. The van der Waals surface area contributed by atoms with Gasteiger partial charge in [0.05, 0.1) is 18.9 Å². The third-order valence-corrected chi connectivity index (χ3v) is 8.25. The van der Waals surface area contributed by atoms with E-state index in [1.165, 1.54) is 22.5 Å². The molecule has 0 spiro atoms. The quantitative estimate of drug-likeness (QED) is 0.250. The molecule has 0 fully saturated rings. The van der Waals surface area contributed by atoms with Crippen LogP contribution in [0.3, 0.4) is 0 Å². The van der Waals surface area contributed by atoms with Crippen LogP contribution < -0.4 is 19.4 Å². The number of hydrogen-bond donors (Lipinski definition) is 0. The fourth-order valence-electron chi connectivity index (χ4n) is 5.81. The Morgan fingerprint density at radius 2 is 1.34 bits per heavy atom. The minimum atomic E-state index is -0.178. The van der Waals surface area contributed by atoms with E-state index in [4.69, 9.17) is 4.74 Å². The van der Waals surface area contributed by atoms with E-state index in [1.807, 2.05) is 18.2 Å². The maximum Gasteiger partial charge on any atom is 0.129 e. The van der Waals surface area contributed by atoms with Crippen molar-refractivity contribution in [2.45, 2.75) is 45.6 Å². The Balaban J connectivity index is 1.32. The molecule has 0 aliphatic carbocycles. The van der Waals surface area contributed by atoms with Crippen molar-refractivity contribution < 1.29 is 4.74 Å². The normalized spacial score (nSPS) is 16.2. The van der Waals surface area contributed by atoms with Crippen molar-refractivity contribution in [2.24, 2.45) is 0 Å². The maximum atomic E-state index is 6.42. The Labute approximate surface area is 244 Å². The highest BCUT2D eigenvalue weighted by atomic mass is 16.5. The summed E-state index contributed by atoms with van der Waals surface area (Å²) in [5.41, 5.74) is 7.24. The van der Waals surface area contributed by atoms with Gasteiger partial charge in [-0.05, 0) is 67.3 Å². The van der Waals surface area contributed by atoms with Crippen molar-refractivity contribution in [3.05, 3.63) is 121 Å². The molecular weight excluding hydrogens is 504 g/mol. The molecule has 0 atom stereocenters. The van der Waals surface area contributed by atoms with Crippen LogP contribution in [-0.4, -0.2) is 25.3 Å². The highest BCUT2D eigenvalue weighted by molar-refractivity contribution is 5.74. The first-order valence-corrected chi connectivity index (χ1v) is 14.4. The van der Waals surface area contributed by atoms with Gasteiger partial charge in [0.25, 0.3) is 0 Å². The molecule has 0 saturated heterocycles. The first kappa shape index (κ1) is 26.8. The summed E-state index contributed by atoms with van der Waals surface area (Å²) < 4.78 is 6.42. The van der Waals surface area contributed by atoms with E-state index in [0.29, 0.717) is 0 Å². The predicted octanol–water partition coefficient (Wildman–Crippen LogP) is 8.81. The Morgan fingerprint density at radius 3 is 2.00 bits per heavy atom. The Bertz CT molecular complexity index is 1570. The third-order valence-electron chi connectivity index (χ3n) is 8.25. The van der Waals surface area contributed by atoms with Gasteiger partial charge < -0.3 is 24.3 Å². The van der Waals surface area contributed by atoms with Crippen LogP contribution in [0.2, 0.25) is 0 Å². The van der Waals surface area contributed by atoms with Crippen LogP contribution in [0.4, 0.5) is 22.7 Å². The molecular formula is C36H40N4O. The lowest BCUT2D eigenvalue weighted by atomic mass is 9.85. The molecule has 6 rings (SSSR count). The van der Waals surface area contributed by atoms with Crippen LogP contribution in [0.15, 0.2) is 109 Å². The standard InChI is InChI=1S/C36H40N4O/c1-35(2,3)27-17-19-28(20-18-27)40-26-39(34-16-8-7-15-33(34)36(40,4)5)30-12-10-14-32(24-30)41-31-13-9-11-29(23-31)38-22-21-37(6)25-38/h7-24H,25-26H2,1-6H3. The van der Waals surface area contributed by atoms with Gasteiger partial charge in [0.15, 0.2) is 0 Å². The Hall–Kier alpha value is -4.38. The number of anilines is 4. The van der Waals surface area contributed by atoms with E-state index in [0.717, 1.165) is 36.2 Å². The largest absolute Gasteiger partial charge is 0.457 e. The molecule has 0 unspecified atom stereocenters. The number of fused-ring (bicyclic) bond motifs is 1. The van der Waals surface area contributed by atoms with Crippen molar-refractivity contribution in [1.82, 2.24) is 4.90 Å². The highest BCUT2D eigenvalue weighted by Gasteiger charge is 2.38. The highest BCUT2D eigenvalue weighted by Crippen LogP contribution is 2.45. The molecule has 4 aromatic rings. The van der Waals surface area contributed by atoms with E-state index in [9.17, 15) is 0 Å². The Morgan fingerprint density at radius 1 is 0.683 bits per heavy atom. The zero-order valence-corrected chi connectivity index (χ0v) is 25.0. The van der Waals surface area contributed by atoms with Gasteiger partial charge in [0.2, 0.25) is 0 Å². The zero-order valence-electron chi connectivity index (χ0n) is 25.0. The number of hydrogen-bond acceptors (Lipinski definition) is 5. The molecule has 0 saturated carbocycles. The second kappa shape index (κ2) is 10.2. The van der Waals surface area contributed by atoms with E-state index >= 15 is 0 Å². The maximum absolute atomic E-state index is 6.42. The minimum absolute atomic E-state index is 0.121. The lowest BCUT2D eigenvalue weighted by molar-refractivity contribution is 0.464. The average molecular weight is 545 g/mol. The molecule has 2 aliphatic heterocycles. The number of benzene rings is 4. The molecule has 2 heterocycles. The summed E-state index contributed by atoms with van der Waals surface area (Å²) in [5, 5.41) is 0. The molecule has 41 heavy (non-hydrogen) atoms. The smallest absolute Gasteiger partial charge is 0.129 e. The van der Waals surface area contributed by atoms with Gasteiger partial charge in [-0.1, -0.05) is 63.2 Å². The molecule has 0 N–H and O–H groups in total. The number of rotatable bonds is 5. The van der Waals surface area contributed by atoms with Crippen molar-refractivity contribution >= 4 is 22.7 Å². The van der Waals surface area contributed by atoms with Crippen LogP contribution in [-0.2, 0) is 11.0 Å². The van der Waals surface area contributed by atoms with E-state index < -0.39 is 0 Å². The SMILES string of the molecule is CN1C=CN(c2cccc(Oc3cccc(N4CN(c5ccc(C(C)(C)C)cc5)C(C)(C)c5ccccc54)c3)c2)C1. The summed E-state index contributed by atoms with van der Waals surface area (Å²) in [7, 11) is 2.07.